The van der Waals surface area contributed by atoms with Gasteiger partial charge >= 0.3 is 0 Å². The van der Waals surface area contributed by atoms with Crippen molar-refractivity contribution in [1.29, 1.82) is 5.26 Å². The summed E-state index contributed by atoms with van der Waals surface area (Å²) in [6.07, 6.45) is 1.51. The molecule has 104 valence electrons. The van der Waals surface area contributed by atoms with E-state index >= 15 is 0 Å². The number of aliphatic hydroxyl groups excluding tert-OH is 1. The van der Waals surface area contributed by atoms with E-state index in [9.17, 15) is 5.11 Å². The Labute approximate surface area is 123 Å². The summed E-state index contributed by atoms with van der Waals surface area (Å²) >= 11 is 6.05. The third kappa shape index (κ3) is 4.15. The van der Waals surface area contributed by atoms with E-state index in [1.807, 2.05) is 6.07 Å². The summed E-state index contributed by atoms with van der Waals surface area (Å²) in [6, 6.07) is 6.91. The van der Waals surface area contributed by atoms with Crippen LogP contribution in [0.5, 0.6) is 0 Å². The van der Waals surface area contributed by atoms with Crippen molar-refractivity contribution in [3.05, 3.63) is 58.1 Å². The average Bonchev–Trinajstić information content (AvgIpc) is 2.43. The fourth-order valence-electron chi connectivity index (χ4n) is 1.35. The minimum Gasteiger partial charge on any atom is -0.503 e. The maximum Gasteiger partial charge on any atom is 0.257 e. The second kappa shape index (κ2) is 7.37. The molecule has 0 spiro atoms. The summed E-state index contributed by atoms with van der Waals surface area (Å²) in [4.78, 5) is 3.95. The molecular formula is C15H15ClN2O2. The number of ether oxygens (including phenoxy) is 1. The lowest BCUT2D eigenvalue weighted by Crippen LogP contribution is -1.98. The van der Waals surface area contributed by atoms with Crippen LogP contribution in [-0.2, 0) is 11.3 Å². The summed E-state index contributed by atoms with van der Waals surface area (Å²) in [5.41, 5.74) is 1.63. The van der Waals surface area contributed by atoms with E-state index in [1.165, 1.54) is 6.21 Å². The van der Waals surface area contributed by atoms with Crippen LogP contribution in [0.15, 0.2) is 47.0 Å². The molecular weight excluding hydrogens is 276 g/mol. The molecule has 1 rings (SSSR count). The molecule has 0 fully saturated rings. The van der Waals surface area contributed by atoms with Gasteiger partial charge in [-0.25, -0.2) is 4.99 Å². The molecule has 5 heteroatoms. The molecule has 0 aliphatic carbocycles. The number of aliphatic imine (C=N–C) groups is 1. The highest BCUT2D eigenvalue weighted by Crippen LogP contribution is 2.21. The van der Waals surface area contributed by atoms with Crippen LogP contribution in [0.1, 0.15) is 25.0 Å². The van der Waals surface area contributed by atoms with Crippen molar-refractivity contribution in [3.8, 4) is 6.07 Å². The number of halogens is 1. The largest absolute Gasteiger partial charge is 0.503 e. The first kappa shape index (κ1) is 15.8. The van der Waals surface area contributed by atoms with Crippen LogP contribution in [0.3, 0.4) is 0 Å². The molecule has 0 unspecified atom stereocenters. The van der Waals surface area contributed by atoms with Crippen LogP contribution < -0.4 is 0 Å². The molecule has 20 heavy (non-hydrogen) atoms. The van der Waals surface area contributed by atoms with Crippen molar-refractivity contribution in [3.63, 3.8) is 0 Å². The van der Waals surface area contributed by atoms with Gasteiger partial charge in [-0.3, -0.25) is 0 Å². The van der Waals surface area contributed by atoms with Gasteiger partial charge in [-0.1, -0.05) is 24.2 Å². The van der Waals surface area contributed by atoms with E-state index in [4.69, 9.17) is 21.6 Å². The summed E-state index contributed by atoms with van der Waals surface area (Å²) in [7, 11) is 0. The van der Waals surface area contributed by atoms with Gasteiger partial charge in [-0.05, 0) is 31.6 Å². The lowest BCUT2D eigenvalue weighted by Gasteiger charge is -2.10. The summed E-state index contributed by atoms with van der Waals surface area (Å²) in [6.45, 7) is 7.13. The molecule has 0 saturated heterocycles. The fraction of sp³-hybridized carbons (Fsp3) is 0.200. The van der Waals surface area contributed by atoms with Gasteiger partial charge in [0.25, 0.3) is 5.88 Å². The maximum atomic E-state index is 9.81. The molecule has 1 N–H and O–H groups in total. The third-order valence-electron chi connectivity index (χ3n) is 2.40. The van der Waals surface area contributed by atoms with Crippen molar-refractivity contribution >= 4 is 17.8 Å². The Balaban J connectivity index is 2.92. The molecule has 0 heterocycles. The van der Waals surface area contributed by atoms with Crippen LogP contribution in [-0.4, -0.2) is 11.3 Å². The number of aliphatic hydroxyl groups is 1. The van der Waals surface area contributed by atoms with E-state index in [2.05, 4.69) is 11.6 Å². The Hall–Kier alpha value is -2.25. The van der Waals surface area contributed by atoms with E-state index in [1.54, 1.807) is 32.0 Å². The summed E-state index contributed by atoms with van der Waals surface area (Å²) in [5, 5.41) is 19.0. The van der Waals surface area contributed by atoms with Crippen LogP contribution >= 0.6 is 11.6 Å². The highest BCUT2D eigenvalue weighted by atomic mass is 35.5. The Bertz CT molecular complexity index is 613. The molecule has 0 aliphatic heterocycles. The molecule has 0 aliphatic rings. The average molecular weight is 291 g/mol. The molecule has 0 atom stereocenters. The Morgan fingerprint density at radius 2 is 2.30 bits per heavy atom. The van der Waals surface area contributed by atoms with Gasteiger partial charge in [-0.15, -0.1) is 0 Å². The van der Waals surface area contributed by atoms with Crippen LogP contribution in [0.25, 0.3) is 0 Å². The van der Waals surface area contributed by atoms with Crippen LogP contribution in [0, 0.1) is 11.3 Å². The number of hydrogen-bond donors (Lipinski definition) is 1. The van der Waals surface area contributed by atoms with E-state index in [0.29, 0.717) is 21.7 Å². The number of nitriles is 1. The number of hydrogen-bond acceptors (Lipinski definition) is 4. The smallest absolute Gasteiger partial charge is 0.257 e. The molecule has 1 aromatic rings. The molecule has 1 aromatic carbocycles. The predicted octanol–water partition coefficient (Wildman–Crippen LogP) is 4.12. The minimum absolute atomic E-state index is 0.0837. The maximum absolute atomic E-state index is 9.81. The van der Waals surface area contributed by atoms with Crippen molar-refractivity contribution in [2.24, 2.45) is 4.99 Å². The zero-order valence-corrected chi connectivity index (χ0v) is 12.1. The minimum atomic E-state index is -0.104. The van der Waals surface area contributed by atoms with Crippen LogP contribution in [0.4, 0.5) is 0 Å². The zero-order chi connectivity index (χ0) is 15.1. The normalized spacial score (nSPS) is 11.9. The topological polar surface area (TPSA) is 65.6 Å². The van der Waals surface area contributed by atoms with Gasteiger partial charge in [0, 0.05) is 16.8 Å². The Morgan fingerprint density at radius 1 is 1.60 bits per heavy atom. The first-order chi connectivity index (χ1) is 9.49. The van der Waals surface area contributed by atoms with Gasteiger partial charge in [0.2, 0.25) is 0 Å². The van der Waals surface area contributed by atoms with Gasteiger partial charge in [0.05, 0.1) is 11.6 Å². The quantitative estimate of drug-likeness (QED) is 0.504. The molecule has 0 saturated carbocycles. The van der Waals surface area contributed by atoms with Gasteiger partial charge < -0.3 is 9.84 Å². The molecule has 0 radical (unpaired) electrons. The number of rotatable bonds is 5. The molecule has 4 nitrogen and oxygen atoms in total. The van der Waals surface area contributed by atoms with Gasteiger partial charge in [0.15, 0.2) is 5.76 Å². The summed E-state index contributed by atoms with van der Waals surface area (Å²) < 4.78 is 5.45. The Morgan fingerprint density at radius 3 is 2.80 bits per heavy atom. The number of benzene rings is 1. The van der Waals surface area contributed by atoms with E-state index in [0.717, 1.165) is 0 Å². The summed E-state index contributed by atoms with van der Waals surface area (Å²) in [5.74, 6) is -0.0201. The number of allylic oxidation sites excluding steroid dienone is 1. The van der Waals surface area contributed by atoms with E-state index in [-0.39, 0.29) is 18.2 Å². The zero-order valence-electron chi connectivity index (χ0n) is 11.4. The van der Waals surface area contributed by atoms with Gasteiger partial charge in [-0.2, -0.15) is 5.26 Å². The van der Waals surface area contributed by atoms with Crippen molar-refractivity contribution in [1.82, 2.24) is 0 Å². The predicted molar refractivity (Wildman–Crippen MR) is 79.6 cm³/mol. The first-order valence-electron chi connectivity index (χ1n) is 5.88. The van der Waals surface area contributed by atoms with Crippen molar-refractivity contribution < 1.29 is 9.84 Å². The highest BCUT2D eigenvalue weighted by Gasteiger charge is 2.09. The second-order valence-electron chi connectivity index (χ2n) is 4.03. The van der Waals surface area contributed by atoms with Crippen molar-refractivity contribution in [2.75, 3.05) is 0 Å². The van der Waals surface area contributed by atoms with Crippen molar-refractivity contribution in [2.45, 2.75) is 20.5 Å². The molecule has 0 aromatic heterocycles. The standard InChI is InChI=1S/C15H15ClN2O2/c1-4-18-15(14(19)10(2)3)20-9-12-6-5-11(8-17)7-13(12)16/h4-7,19H,2,9H2,1,3H3/b15-14-,18-4-. The number of nitrogens with zero attached hydrogens (tertiary/aromatic N) is 2. The Kier molecular flexibility index (Phi) is 5.82. The van der Waals surface area contributed by atoms with E-state index < -0.39 is 0 Å². The highest BCUT2D eigenvalue weighted by molar-refractivity contribution is 6.31. The van der Waals surface area contributed by atoms with Gasteiger partial charge in [0.1, 0.15) is 6.61 Å². The van der Waals surface area contributed by atoms with Crippen LogP contribution in [0.2, 0.25) is 5.02 Å². The lowest BCUT2D eigenvalue weighted by atomic mass is 10.1. The fourth-order valence-corrected chi connectivity index (χ4v) is 1.58. The second-order valence-corrected chi connectivity index (χ2v) is 4.44. The molecule has 0 amide bonds. The monoisotopic (exact) mass is 290 g/mol. The lowest BCUT2D eigenvalue weighted by molar-refractivity contribution is 0.179. The molecule has 0 bridgehead atoms. The SMILES string of the molecule is C=C(C)/C(O)=C(\N=C/C)OCc1ccc(C#N)cc1Cl. The third-order valence-corrected chi connectivity index (χ3v) is 2.75. The first-order valence-corrected chi connectivity index (χ1v) is 6.26.